The van der Waals surface area contributed by atoms with Crippen molar-refractivity contribution in [1.82, 2.24) is 18.5 Å². The van der Waals surface area contributed by atoms with Crippen LogP contribution in [0.15, 0.2) is 89.2 Å². The Morgan fingerprint density at radius 2 is 1.68 bits per heavy atom. The number of hydrogen-bond acceptors (Lipinski definition) is 6. The number of aryl methyl sites for hydroxylation is 2. The van der Waals surface area contributed by atoms with Crippen molar-refractivity contribution in [2.75, 3.05) is 11.9 Å². The molecule has 7 rings (SSSR count). The second kappa shape index (κ2) is 8.22. The summed E-state index contributed by atoms with van der Waals surface area (Å²) >= 11 is 0. The lowest BCUT2D eigenvalue weighted by Crippen LogP contribution is -2.29. The number of carbonyl (C=O) groups is 1. The average Bonchev–Trinajstić information content (AvgIpc) is 3.51. The van der Waals surface area contributed by atoms with Gasteiger partial charge in [-0.2, -0.15) is 0 Å². The van der Waals surface area contributed by atoms with Crippen molar-refractivity contribution in [3.05, 3.63) is 107 Å². The second-order valence-corrected chi connectivity index (χ2v) is 12.4. The summed E-state index contributed by atoms with van der Waals surface area (Å²) in [5, 5.41) is 0.499. The highest BCUT2D eigenvalue weighted by atomic mass is 32.2. The van der Waals surface area contributed by atoms with Crippen LogP contribution in [-0.4, -0.2) is 39.9 Å². The van der Waals surface area contributed by atoms with Crippen LogP contribution in [-0.2, 0) is 27.3 Å². The maximum Gasteiger partial charge on any atom is 0.275 e. The summed E-state index contributed by atoms with van der Waals surface area (Å²) in [5.41, 5.74) is 3.07. The summed E-state index contributed by atoms with van der Waals surface area (Å²) in [6, 6.07) is 16.0. The van der Waals surface area contributed by atoms with E-state index < -0.39 is 21.0 Å². The van der Waals surface area contributed by atoms with Crippen LogP contribution in [0.4, 0.5) is 5.69 Å². The third kappa shape index (κ3) is 3.16. The summed E-state index contributed by atoms with van der Waals surface area (Å²) in [6.45, 7) is 1.88. The number of pyridine rings is 1. The lowest BCUT2D eigenvalue weighted by atomic mass is 9.91. The number of nitrogens with zero attached hydrogens (tertiary/aromatic N) is 5. The summed E-state index contributed by atoms with van der Waals surface area (Å²) < 4.78 is 30.9. The Morgan fingerprint density at radius 1 is 0.975 bits per heavy atom. The molecule has 0 saturated heterocycles. The zero-order valence-corrected chi connectivity index (χ0v) is 22.9. The quantitative estimate of drug-likeness (QED) is 0.337. The summed E-state index contributed by atoms with van der Waals surface area (Å²) in [7, 11) is -0.816. The van der Waals surface area contributed by atoms with Gasteiger partial charge < -0.3 is 9.47 Å². The number of fused-ring (bicyclic) bond motifs is 3. The average molecular weight is 552 g/mol. The summed E-state index contributed by atoms with van der Waals surface area (Å²) in [6.07, 6.45) is 6.73. The number of aromatic nitrogens is 4. The number of likely N-dealkylation sites (N-methyl/N-ethyl adjacent to an activating group) is 1. The minimum atomic E-state index is -4.20. The van der Waals surface area contributed by atoms with Crippen molar-refractivity contribution < 1.29 is 13.2 Å². The molecule has 200 valence electrons. The van der Waals surface area contributed by atoms with Crippen LogP contribution in [0.3, 0.4) is 0 Å². The van der Waals surface area contributed by atoms with Crippen LogP contribution in [0, 0.1) is 6.92 Å². The van der Waals surface area contributed by atoms with Crippen LogP contribution in [0.25, 0.3) is 22.2 Å². The van der Waals surface area contributed by atoms with Crippen molar-refractivity contribution in [2.45, 2.75) is 29.6 Å². The van der Waals surface area contributed by atoms with E-state index in [1.54, 1.807) is 43.4 Å². The van der Waals surface area contributed by atoms with Gasteiger partial charge in [-0.1, -0.05) is 35.9 Å². The van der Waals surface area contributed by atoms with Gasteiger partial charge in [-0.25, -0.2) is 22.4 Å². The Balaban J connectivity index is 1.52. The minimum Gasteiger partial charge on any atom is -0.316 e. The van der Waals surface area contributed by atoms with E-state index in [1.807, 2.05) is 31.2 Å². The Hall–Kier alpha value is -4.57. The highest BCUT2D eigenvalue weighted by Gasteiger charge is 2.67. The molecule has 3 aromatic heterocycles. The highest BCUT2D eigenvalue weighted by Crippen LogP contribution is 2.66. The normalized spacial score (nSPS) is 19.9. The van der Waals surface area contributed by atoms with E-state index in [0.717, 1.165) is 26.4 Å². The van der Waals surface area contributed by atoms with E-state index >= 15 is 0 Å². The molecule has 1 saturated carbocycles. The molecule has 1 amide bonds. The van der Waals surface area contributed by atoms with Gasteiger partial charge in [0.1, 0.15) is 11.8 Å². The monoisotopic (exact) mass is 551 g/mol. The van der Waals surface area contributed by atoms with Crippen molar-refractivity contribution in [2.24, 2.45) is 7.05 Å². The fourth-order valence-corrected chi connectivity index (χ4v) is 7.76. The van der Waals surface area contributed by atoms with E-state index in [9.17, 15) is 18.0 Å². The molecule has 0 bridgehead atoms. The van der Waals surface area contributed by atoms with Gasteiger partial charge in [0.2, 0.25) is 5.91 Å². The first-order valence-corrected chi connectivity index (χ1v) is 14.3. The molecule has 10 heteroatoms. The maximum absolute atomic E-state index is 14.2. The number of para-hydroxylation sites is 1. The first-order valence-electron chi connectivity index (χ1n) is 12.9. The summed E-state index contributed by atoms with van der Waals surface area (Å²) in [4.78, 5) is 37.3. The zero-order valence-electron chi connectivity index (χ0n) is 22.1. The molecule has 1 spiro atoms. The lowest BCUT2D eigenvalue weighted by molar-refractivity contribution is -0.120. The molecule has 4 heterocycles. The number of benzene rings is 2. The minimum absolute atomic E-state index is 0.00379. The Kier molecular flexibility index (Phi) is 5.03. The number of rotatable bonds is 4. The third-order valence-electron chi connectivity index (χ3n) is 8.31. The molecule has 5 aromatic rings. The van der Waals surface area contributed by atoms with Gasteiger partial charge in [-0.05, 0) is 48.7 Å². The van der Waals surface area contributed by atoms with Gasteiger partial charge in [0.05, 0.1) is 16.0 Å². The smallest absolute Gasteiger partial charge is 0.275 e. The van der Waals surface area contributed by atoms with Crippen LogP contribution in [0.2, 0.25) is 0 Å². The predicted molar refractivity (Wildman–Crippen MR) is 151 cm³/mol. The molecular formula is C30H25N5O4S. The molecule has 9 nitrogen and oxygen atoms in total. The first-order chi connectivity index (χ1) is 19.2. The molecule has 0 N–H and O–H groups in total. The second-order valence-electron chi connectivity index (χ2n) is 10.6. The van der Waals surface area contributed by atoms with E-state index in [2.05, 4.69) is 9.97 Å². The van der Waals surface area contributed by atoms with Gasteiger partial charge in [0.25, 0.3) is 15.6 Å². The summed E-state index contributed by atoms with van der Waals surface area (Å²) in [5.74, 6) is -0.220. The Labute approximate surface area is 230 Å². The predicted octanol–water partition coefficient (Wildman–Crippen LogP) is 3.74. The van der Waals surface area contributed by atoms with Crippen molar-refractivity contribution in [3.63, 3.8) is 0 Å². The van der Waals surface area contributed by atoms with Gasteiger partial charge >= 0.3 is 0 Å². The lowest BCUT2D eigenvalue weighted by Gasteiger charge is -2.14. The maximum atomic E-state index is 14.2. The number of amides is 1. The van der Waals surface area contributed by atoms with E-state index in [0.29, 0.717) is 17.4 Å². The molecule has 1 fully saturated rings. The van der Waals surface area contributed by atoms with Gasteiger partial charge in [-0.3, -0.25) is 9.59 Å². The Morgan fingerprint density at radius 3 is 2.40 bits per heavy atom. The number of hydrogen-bond donors (Lipinski definition) is 0. The molecule has 2 unspecified atom stereocenters. The van der Waals surface area contributed by atoms with Crippen molar-refractivity contribution >= 4 is 32.5 Å². The Bertz CT molecular complexity index is 2030. The topological polar surface area (TPSA) is 107 Å². The first kappa shape index (κ1) is 24.5. The van der Waals surface area contributed by atoms with Crippen LogP contribution in [0.5, 0.6) is 0 Å². The third-order valence-corrected chi connectivity index (χ3v) is 10.0. The van der Waals surface area contributed by atoms with E-state index in [-0.39, 0.29) is 27.9 Å². The van der Waals surface area contributed by atoms with Gasteiger partial charge in [0, 0.05) is 55.2 Å². The molecule has 40 heavy (non-hydrogen) atoms. The number of carbonyl (C=O) groups excluding carboxylic acids is 1. The molecule has 2 atom stereocenters. The molecule has 1 aliphatic carbocycles. The van der Waals surface area contributed by atoms with Crippen molar-refractivity contribution in [3.8, 4) is 11.3 Å². The molecule has 2 aromatic carbocycles. The van der Waals surface area contributed by atoms with Crippen LogP contribution >= 0.6 is 0 Å². The van der Waals surface area contributed by atoms with Crippen LogP contribution in [0.1, 0.15) is 29.0 Å². The zero-order chi connectivity index (χ0) is 28.0. The molecule has 2 aliphatic rings. The van der Waals surface area contributed by atoms with E-state index in [4.69, 9.17) is 0 Å². The van der Waals surface area contributed by atoms with Gasteiger partial charge in [-0.15, -0.1) is 0 Å². The molecular weight excluding hydrogens is 526 g/mol. The molecule has 1 aliphatic heterocycles. The molecule has 0 radical (unpaired) electrons. The van der Waals surface area contributed by atoms with E-state index in [1.165, 1.54) is 35.4 Å². The standard InChI is InChI=1S/C30H25N5O4S/c1-18-8-10-20(11-9-18)40(38,39)35-26(19-14-31-17-32-15-19)12-21-22(16-33(2)28(36)27(21)35)24-13-30(24)23-6-4-5-7-25(23)34(3)29(30)37/h4-12,14-17,24H,13H2,1-3H3. The highest BCUT2D eigenvalue weighted by molar-refractivity contribution is 7.90. The van der Waals surface area contributed by atoms with Crippen molar-refractivity contribution in [1.29, 1.82) is 0 Å². The fraction of sp³-hybridized carbons (Fsp3) is 0.200. The van der Waals surface area contributed by atoms with Gasteiger partial charge in [0.15, 0.2) is 0 Å². The fourth-order valence-electron chi connectivity index (χ4n) is 6.23. The number of anilines is 1. The SMILES string of the molecule is Cc1ccc(S(=O)(=O)n2c(-c3cncnc3)cc3c(C4CC45C(=O)N(C)c4ccccc45)cn(C)c(=O)c32)cc1. The largest absolute Gasteiger partial charge is 0.316 e. The van der Waals surface area contributed by atoms with Crippen LogP contribution < -0.4 is 10.5 Å².